The van der Waals surface area contributed by atoms with Gasteiger partial charge in [0.25, 0.3) is 0 Å². The van der Waals surface area contributed by atoms with E-state index in [0.29, 0.717) is 0 Å². The van der Waals surface area contributed by atoms with E-state index in [1.807, 2.05) is 0 Å². The summed E-state index contributed by atoms with van der Waals surface area (Å²) < 4.78 is 0. The Hall–Kier alpha value is -1.65. The Labute approximate surface area is 132 Å². The van der Waals surface area contributed by atoms with Crippen molar-refractivity contribution in [3.63, 3.8) is 0 Å². The molecule has 0 bridgehead atoms. The van der Waals surface area contributed by atoms with Crippen LogP contribution in [0.25, 0.3) is 10.6 Å². The molecule has 3 aromatic rings. The molecule has 0 unspecified atom stereocenters. The average molecular weight is 312 g/mol. The fraction of sp³-hybridized carbons (Fsp3) is 0.235. The molecule has 0 spiro atoms. The summed E-state index contributed by atoms with van der Waals surface area (Å²) in [5.41, 5.74) is 5.28. The largest absolute Gasteiger partial charge is 0.365 e. The predicted molar refractivity (Wildman–Crippen MR) is 91.2 cm³/mol. The summed E-state index contributed by atoms with van der Waals surface area (Å²) in [4.78, 5) is 7.27. The number of para-hydroxylation sites is 1. The van der Waals surface area contributed by atoms with Gasteiger partial charge in [-0.05, 0) is 35.9 Å². The van der Waals surface area contributed by atoms with Crippen molar-refractivity contribution in [1.82, 2.24) is 4.98 Å². The van der Waals surface area contributed by atoms with Gasteiger partial charge in [-0.3, -0.25) is 0 Å². The monoisotopic (exact) mass is 312 g/mol. The molecule has 1 aliphatic heterocycles. The number of nitrogens with zero attached hydrogens (tertiary/aromatic N) is 2. The first-order chi connectivity index (χ1) is 10.4. The summed E-state index contributed by atoms with van der Waals surface area (Å²) >= 11 is 3.47. The Kier molecular flexibility index (Phi) is 3.49. The van der Waals surface area contributed by atoms with Crippen LogP contribution >= 0.6 is 22.7 Å². The molecule has 0 amide bonds. The number of benzene rings is 1. The average Bonchev–Trinajstić information content (AvgIpc) is 3.18. The van der Waals surface area contributed by atoms with Crippen molar-refractivity contribution in [3.05, 3.63) is 57.7 Å². The Balaban J connectivity index is 1.57. The lowest BCUT2D eigenvalue weighted by atomic mass is 10.0. The second kappa shape index (κ2) is 5.62. The Morgan fingerprint density at radius 3 is 3.00 bits per heavy atom. The topological polar surface area (TPSA) is 16.1 Å². The van der Waals surface area contributed by atoms with Crippen LogP contribution in [0.3, 0.4) is 0 Å². The van der Waals surface area contributed by atoms with Gasteiger partial charge < -0.3 is 4.90 Å². The lowest BCUT2D eigenvalue weighted by molar-refractivity contribution is 0.686. The van der Waals surface area contributed by atoms with E-state index in [2.05, 4.69) is 51.4 Å². The van der Waals surface area contributed by atoms with Gasteiger partial charge >= 0.3 is 0 Å². The molecule has 1 aromatic carbocycles. The normalized spacial score (nSPS) is 14.2. The van der Waals surface area contributed by atoms with Gasteiger partial charge in [-0.1, -0.05) is 18.2 Å². The van der Waals surface area contributed by atoms with Crippen molar-refractivity contribution in [1.29, 1.82) is 0 Å². The van der Waals surface area contributed by atoms with Gasteiger partial charge in [-0.25, -0.2) is 4.98 Å². The predicted octanol–water partition coefficient (Wildman–Crippen LogP) is 4.82. The molecule has 4 rings (SSSR count). The molecule has 21 heavy (non-hydrogen) atoms. The van der Waals surface area contributed by atoms with Crippen LogP contribution in [0.1, 0.15) is 17.7 Å². The third-order valence-corrected chi connectivity index (χ3v) is 5.50. The second-order valence-electron chi connectivity index (χ2n) is 5.31. The van der Waals surface area contributed by atoms with Gasteiger partial charge in [0.1, 0.15) is 5.01 Å². The molecule has 0 atom stereocenters. The molecule has 0 fully saturated rings. The van der Waals surface area contributed by atoms with Crippen molar-refractivity contribution in [2.24, 2.45) is 0 Å². The maximum atomic E-state index is 4.80. The van der Waals surface area contributed by atoms with Gasteiger partial charge in [0.2, 0.25) is 0 Å². The van der Waals surface area contributed by atoms with Crippen LogP contribution in [0.15, 0.2) is 46.5 Å². The third-order valence-electron chi connectivity index (χ3n) is 3.88. The van der Waals surface area contributed by atoms with Gasteiger partial charge in [0.05, 0.1) is 12.2 Å². The summed E-state index contributed by atoms with van der Waals surface area (Å²) in [5, 5.41) is 7.61. The highest BCUT2D eigenvalue weighted by Gasteiger charge is 2.17. The van der Waals surface area contributed by atoms with Crippen LogP contribution in [0.5, 0.6) is 0 Å². The van der Waals surface area contributed by atoms with E-state index in [1.54, 1.807) is 22.7 Å². The molecule has 2 aromatic heterocycles. The van der Waals surface area contributed by atoms with E-state index in [1.165, 1.54) is 35.3 Å². The number of anilines is 1. The zero-order valence-corrected chi connectivity index (χ0v) is 13.3. The summed E-state index contributed by atoms with van der Waals surface area (Å²) in [6.07, 6.45) is 2.43. The van der Waals surface area contributed by atoms with Crippen LogP contribution in [-0.4, -0.2) is 11.5 Å². The Morgan fingerprint density at radius 1 is 1.14 bits per heavy atom. The number of hydrogen-bond donors (Lipinski definition) is 0. The van der Waals surface area contributed by atoms with Gasteiger partial charge in [0, 0.05) is 28.6 Å². The first kappa shape index (κ1) is 13.0. The van der Waals surface area contributed by atoms with Crippen LogP contribution in [0.4, 0.5) is 5.69 Å². The summed E-state index contributed by atoms with van der Waals surface area (Å²) in [5.74, 6) is 0. The molecular weight excluding hydrogens is 296 g/mol. The maximum absolute atomic E-state index is 4.80. The molecular formula is C17H16N2S2. The fourth-order valence-electron chi connectivity index (χ4n) is 2.87. The molecule has 4 heteroatoms. The SMILES string of the molecule is c1ccc2c(c1)CCCN2Cc1csc(-c2ccsc2)n1. The number of thiazole rings is 1. The zero-order valence-electron chi connectivity index (χ0n) is 11.7. The fourth-order valence-corrected chi connectivity index (χ4v) is 4.39. The zero-order chi connectivity index (χ0) is 14.1. The smallest absolute Gasteiger partial charge is 0.124 e. The molecule has 3 heterocycles. The molecule has 0 saturated carbocycles. The lowest BCUT2D eigenvalue weighted by Crippen LogP contribution is -2.28. The number of thiophene rings is 1. The summed E-state index contributed by atoms with van der Waals surface area (Å²) in [6.45, 7) is 2.04. The van der Waals surface area contributed by atoms with E-state index in [0.717, 1.165) is 18.1 Å². The molecule has 1 aliphatic rings. The highest BCUT2D eigenvalue weighted by Crippen LogP contribution is 2.30. The van der Waals surface area contributed by atoms with E-state index in [9.17, 15) is 0 Å². The van der Waals surface area contributed by atoms with Crippen molar-refractivity contribution in [2.45, 2.75) is 19.4 Å². The summed E-state index contributed by atoms with van der Waals surface area (Å²) in [6, 6.07) is 10.9. The molecule has 2 nitrogen and oxygen atoms in total. The van der Waals surface area contributed by atoms with Crippen molar-refractivity contribution >= 4 is 28.4 Å². The minimum atomic E-state index is 0.914. The van der Waals surface area contributed by atoms with Crippen LogP contribution in [-0.2, 0) is 13.0 Å². The van der Waals surface area contributed by atoms with E-state index < -0.39 is 0 Å². The molecule has 0 N–H and O–H groups in total. The molecule has 106 valence electrons. The van der Waals surface area contributed by atoms with Crippen molar-refractivity contribution in [3.8, 4) is 10.6 Å². The quantitative estimate of drug-likeness (QED) is 0.689. The minimum absolute atomic E-state index is 0.914. The van der Waals surface area contributed by atoms with E-state index >= 15 is 0 Å². The number of rotatable bonds is 3. The maximum Gasteiger partial charge on any atom is 0.124 e. The molecule has 0 radical (unpaired) electrons. The number of aryl methyl sites for hydroxylation is 1. The first-order valence-electron chi connectivity index (χ1n) is 7.20. The minimum Gasteiger partial charge on any atom is -0.365 e. The lowest BCUT2D eigenvalue weighted by Gasteiger charge is -2.30. The Bertz CT molecular complexity index is 731. The van der Waals surface area contributed by atoms with Crippen LogP contribution in [0.2, 0.25) is 0 Å². The highest BCUT2D eigenvalue weighted by molar-refractivity contribution is 7.14. The standard InChI is InChI=1S/C17H16N2S2/c1-2-6-16-13(4-1)5-3-8-19(16)10-15-12-21-17(18-15)14-7-9-20-11-14/h1-2,4,6-7,9,11-12H,3,5,8,10H2. The number of hydrogen-bond acceptors (Lipinski definition) is 4. The number of aromatic nitrogens is 1. The second-order valence-corrected chi connectivity index (χ2v) is 6.95. The van der Waals surface area contributed by atoms with Gasteiger partial charge in [-0.2, -0.15) is 11.3 Å². The Morgan fingerprint density at radius 2 is 2.10 bits per heavy atom. The molecule has 0 saturated heterocycles. The third kappa shape index (κ3) is 2.61. The van der Waals surface area contributed by atoms with Gasteiger partial charge in [-0.15, -0.1) is 11.3 Å². The summed E-state index contributed by atoms with van der Waals surface area (Å²) in [7, 11) is 0. The van der Waals surface area contributed by atoms with Crippen molar-refractivity contribution in [2.75, 3.05) is 11.4 Å². The van der Waals surface area contributed by atoms with Crippen LogP contribution < -0.4 is 4.90 Å². The van der Waals surface area contributed by atoms with E-state index in [-0.39, 0.29) is 0 Å². The first-order valence-corrected chi connectivity index (χ1v) is 9.02. The van der Waals surface area contributed by atoms with Gasteiger partial charge in [0.15, 0.2) is 0 Å². The highest BCUT2D eigenvalue weighted by atomic mass is 32.1. The van der Waals surface area contributed by atoms with E-state index in [4.69, 9.17) is 4.98 Å². The molecule has 0 aliphatic carbocycles. The van der Waals surface area contributed by atoms with Crippen molar-refractivity contribution < 1.29 is 0 Å². The number of fused-ring (bicyclic) bond motifs is 1. The van der Waals surface area contributed by atoms with Crippen LogP contribution in [0, 0.1) is 0 Å².